The van der Waals surface area contributed by atoms with Crippen LogP contribution in [0.3, 0.4) is 0 Å². The zero-order valence-corrected chi connectivity index (χ0v) is 17.4. The van der Waals surface area contributed by atoms with Crippen molar-refractivity contribution in [3.05, 3.63) is 87.3 Å². The van der Waals surface area contributed by atoms with Crippen molar-refractivity contribution in [2.24, 2.45) is 0 Å². The van der Waals surface area contributed by atoms with Gasteiger partial charge in [0.2, 0.25) is 0 Å². The maximum Gasteiger partial charge on any atom is 0.355 e. The van der Waals surface area contributed by atoms with Crippen molar-refractivity contribution < 1.29 is 19.1 Å². The van der Waals surface area contributed by atoms with Crippen molar-refractivity contribution in [3.63, 3.8) is 0 Å². The Hall–Kier alpha value is -3.84. The van der Waals surface area contributed by atoms with Gasteiger partial charge in [0.25, 0.3) is 0 Å². The number of anilines is 1. The first-order valence-corrected chi connectivity index (χ1v) is 9.64. The summed E-state index contributed by atoms with van der Waals surface area (Å²) in [7, 11) is 2.45. The molecular weight excluding hydrogens is 420 g/mol. The van der Waals surface area contributed by atoms with Crippen LogP contribution < -0.4 is 10.3 Å². The normalized spacial score (nSPS) is 13.6. The number of hydrogen-bond acceptors (Lipinski definition) is 6. The summed E-state index contributed by atoms with van der Waals surface area (Å²) in [5.74, 6) is -1.44. The highest BCUT2D eigenvalue weighted by atomic mass is 35.5. The SMILES string of the molecule is COC(=O)C1=C(C(=O)OC)N(c2cccc3c(=O)c4cccc(Cl)c4[nH]c23)C=CC=C1. The largest absolute Gasteiger partial charge is 0.465 e. The number of esters is 2. The number of aromatic nitrogens is 1. The third kappa shape index (κ3) is 3.39. The molecule has 8 heteroatoms. The molecule has 0 aliphatic carbocycles. The number of hydrogen-bond donors (Lipinski definition) is 1. The summed E-state index contributed by atoms with van der Waals surface area (Å²) in [6.07, 6.45) is 6.33. The second-order valence-electron chi connectivity index (χ2n) is 6.63. The van der Waals surface area contributed by atoms with E-state index in [1.54, 1.807) is 54.8 Å². The fourth-order valence-corrected chi connectivity index (χ4v) is 3.74. The van der Waals surface area contributed by atoms with Gasteiger partial charge in [-0.05, 0) is 36.4 Å². The number of fused-ring (bicyclic) bond motifs is 2. The summed E-state index contributed by atoms with van der Waals surface area (Å²) in [6.45, 7) is 0. The number of nitrogens with zero attached hydrogens (tertiary/aromatic N) is 1. The summed E-state index contributed by atoms with van der Waals surface area (Å²) < 4.78 is 9.79. The van der Waals surface area contributed by atoms with Gasteiger partial charge in [-0.25, -0.2) is 9.59 Å². The highest BCUT2D eigenvalue weighted by Gasteiger charge is 2.28. The Balaban J connectivity index is 2.08. The standard InChI is InChI=1S/C23H17ClN2O5/c1-30-22(28)15-7-3-4-12-26(20(15)23(29)31-2)17-11-6-9-14-19(17)25-18-13(21(14)27)8-5-10-16(18)24/h3-12H,1-2H3,(H,25,27). The third-order valence-corrected chi connectivity index (χ3v) is 5.26. The molecule has 0 radical (unpaired) electrons. The van der Waals surface area contributed by atoms with Crippen molar-refractivity contribution >= 4 is 51.0 Å². The van der Waals surface area contributed by atoms with Crippen LogP contribution in [-0.4, -0.2) is 31.1 Å². The maximum atomic E-state index is 13.1. The van der Waals surface area contributed by atoms with Gasteiger partial charge in [-0.1, -0.05) is 29.8 Å². The molecule has 2 heterocycles. The Kier molecular flexibility index (Phi) is 5.35. The van der Waals surface area contributed by atoms with Gasteiger partial charge in [-0.3, -0.25) is 4.79 Å². The maximum absolute atomic E-state index is 13.1. The van der Waals surface area contributed by atoms with E-state index in [0.717, 1.165) is 0 Å². The number of carbonyl (C=O) groups is 2. The van der Waals surface area contributed by atoms with Gasteiger partial charge in [-0.15, -0.1) is 0 Å². The number of carbonyl (C=O) groups excluding carboxylic acids is 2. The lowest BCUT2D eigenvalue weighted by Gasteiger charge is -2.24. The van der Waals surface area contributed by atoms with Crippen molar-refractivity contribution in [3.8, 4) is 0 Å². The molecule has 0 unspecified atom stereocenters. The fraction of sp³-hybridized carbons (Fsp3) is 0.0870. The van der Waals surface area contributed by atoms with Gasteiger partial charge >= 0.3 is 11.9 Å². The molecular formula is C23H17ClN2O5. The van der Waals surface area contributed by atoms with Crippen molar-refractivity contribution in [1.29, 1.82) is 0 Å². The fourth-order valence-electron chi connectivity index (χ4n) is 3.52. The average Bonchev–Trinajstić information content (AvgIpc) is 3.01. The summed E-state index contributed by atoms with van der Waals surface area (Å²) in [4.78, 5) is 42.9. The smallest absolute Gasteiger partial charge is 0.355 e. The quantitative estimate of drug-likeness (QED) is 0.496. The summed E-state index contributed by atoms with van der Waals surface area (Å²) in [5.41, 5.74) is 1.14. The van der Waals surface area contributed by atoms with Crippen LogP contribution in [0, 0.1) is 0 Å². The van der Waals surface area contributed by atoms with Gasteiger partial charge in [-0.2, -0.15) is 0 Å². The minimum atomic E-state index is -0.741. The van der Waals surface area contributed by atoms with Crippen LogP contribution in [0.4, 0.5) is 5.69 Å². The molecule has 7 nitrogen and oxygen atoms in total. The predicted octanol–water partition coefficient (Wildman–Crippen LogP) is 3.82. The minimum absolute atomic E-state index is 0.0116. The molecule has 0 saturated carbocycles. The number of H-pyrrole nitrogens is 1. The van der Waals surface area contributed by atoms with E-state index in [-0.39, 0.29) is 16.7 Å². The molecule has 1 aliphatic heterocycles. The molecule has 31 heavy (non-hydrogen) atoms. The molecule has 0 atom stereocenters. The van der Waals surface area contributed by atoms with E-state index in [2.05, 4.69) is 4.98 Å². The summed E-state index contributed by atoms with van der Waals surface area (Å²) in [6, 6.07) is 10.2. The number of benzene rings is 2. The van der Waals surface area contributed by atoms with Crippen molar-refractivity contribution in [1.82, 2.24) is 4.98 Å². The lowest BCUT2D eigenvalue weighted by Crippen LogP contribution is -2.27. The molecule has 0 amide bonds. The van der Waals surface area contributed by atoms with Gasteiger partial charge < -0.3 is 19.4 Å². The zero-order valence-electron chi connectivity index (χ0n) is 16.6. The van der Waals surface area contributed by atoms with Crippen molar-refractivity contribution in [2.75, 3.05) is 19.1 Å². The molecule has 0 fully saturated rings. The number of para-hydroxylation sites is 2. The molecule has 1 aromatic heterocycles. The van der Waals surface area contributed by atoms with Gasteiger partial charge in [0.1, 0.15) is 5.70 Å². The Labute approximate surface area is 181 Å². The minimum Gasteiger partial charge on any atom is -0.465 e. The Morgan fingerprint density at radius 3 is 2.32 bits per heavy atom. The number of pyridine rings is 1. The highest BCUT2D eigenvalue weighted by Crippen LogP contribution is 2.32. The van der Waals surface area contributed by atoms with E-state index >= 15 is 0 Å². The van der Waals surface area contributed by atoms with Gasteiger partial charge in [0.15, 0.2) is 5.43 Å². The van der Waals surface area contributed by atoms with E-state index < -0.39 is 11.9 Å². The van der Waals surface area contributed by atoms with Crippen LogP contribution in [0.5, 0.6) is 0 Å². The molecule has 2 aromatic carbocycles. The molecule has 3 aromatic rings. The van der Waals surface area contributed by atoms with Crippen molar-refractivity contribution in [2.45, 2.75) is 0 Å². The molecule has 0 saturated heterocycles. The van der Waals surface area contributed by atoms with Crippen LogP contribution in [0.2, 0.25) is 5.02 Å². The van der Waals surface area contributed by atoms with Crippen LogP contribution in [-0.2, 0) is 19.1 Å². The van der Waals surface area contributed by atoms with Crippen LogP contribution in [0.25, 0.3) is 21.8 Å². The number of halogens is 1. The molecule has 1 N–H and O–H groups in total. The topological polar surface area (TPSA) is 88.7 Å². The van der Waals surface area contributed by atoms with Crippen LogP contribution in [0.1, 0.15) is 0 Å². The van der Waals surface area contributed by atoms with Gasteiger partial charge in [0, 0.05) is 17.0 Å². The Morgan fingerprint density at radius 1 is 0.935 bits per heavy atom. The van der Waals surface area contributed by atoms with Crippen LogP contribution in [0.15, 0.2) is 76.9 Å². The number of nitrogens with one attached hydrogen (secondary N) is 1. The Morgan fingerprint density at radius 2 is 1.61 bits per heavy atom. The highest BCUT2D eigenvalue weighted by molar-refractivity contribution is 6.35. The van der Waals surface area contributed by atoms with E-state index in [4.69, 9.17) is 21.1 Å². The van der Waals surface area contributed by atoms with E-state index in [0.29, 0.717) is 32.5 Å². The first kappa shape index (κ1) is 20.4. The number of aromatic amines is 1. The van der Waals surface area contributed by atoms with Crippen LogP contribution >= 0.6 is 11.6 Å². The molecule has 0 bridgehead atoms. The third-order valence-electron chi connectivity index (χ3n) is 4.94. The molecule has 156 valence electrons. The van der Waals surface area contributed by atoms with E-state index in [1.165, 1.54) is 25.2 Å². The number of ether oxygens (including phenoxy) is 2. The summed E-state index contributed by atoms with van der Waals surface area (Å²) in [5, 5.41) is 1.24. The summed E-state index contributed by atoms with van der Waals surface area (Å²) >= 11 is 6.33. The Bertz CT molecular complexity index is 1380. The first-order chi connectivity index (χ1) is 15.0. The van der Waals surface area contributed by atoms with E-state index in [9.17, 15) is 14.4 Å². The number of rotatable bonds is 3. The monoisotopic (exact) mass is 436 g/mol. The van der Waals surface area contributed by atoms with Gasteiger partial charge in [0.05, 0.1) is 41.5 Å². The average molecular weight is 437 g/mol. The lowest BCUT2D eigenvalue weighted by atomic mass is 10.1. The number of methoxy groups -OCH3 is 2. The first-order valence-electron chi connectivity index (χ1n) is 9.26. The van der Waals surface area contributed by atoms with E-state index in [1.807, 2.05) is 0 Å². The molecule has 4 rings (SSSR count). The second kappa shape index (κ2) is 8.12. The number of allylic oxidation sites excluding steroid dienone is 2. The molecule has 0 spiro atoms. The lowest BCUT2D eigenvalue weighted by molar-refractivity contribution is -0.139. The second-order valence-corrected chi connectivity index (χ2v) is 7.04. The predicted molar refractivity (Wildman–Crippen MR) is 119 cm³/mol. The molecule has 1 aliphatic rings. The zero-order chi connectivity index (χ0) is 22.1.